The standard InChI is InChI=1S/C26H42N7O17P3S/c1-4-5-6-17(35)54-10-9-28-16(34)7-8-29-24(38)21(37)26(2,3)12-47-53(44,45)50-52(42,43)46-11-15-20(49-51(39,40)41)19(36)25(48-15)33-14-32-18-22(27)30-13-31-23(18)33/h4,13-15,19-21,25,36-37H,1,5-12H2,2-3H3,(H,28,34)(H,29,38)(H,42,43)(H,44,45)(H2,27,30,31)(H2,39,40,41)/t15-,19-,20-,21?,25-/m1/s1. The normalized spacial score (nSPS) is 21.9. The van der Waals surface area contributed by atoms with Crippen molar-refractivity contribution in [2.24, 2.45) is 5.41 Å². The summed E-state index contributed by atoms with van der Waals surface area (Å²) >= 11 is 1.06. The Morgan fingerprint density at radius 2 is 1.78 bits per heavy atom. The van der Waals surface area contributed by atoms with Gasteiger partial charge in [0.1, 0.15) is 36.3 Å². The Balaban J connectivity index is 1.50. The van der Waals surface area contributed by atoms with Crippen molar-refractivity contribution in [2.75, 3.05) is 37.8 Å². The van der Waals surface area contributed by atoms with Crippen LogP contribution in [0.4, 0.5) is 5.82 Å². The third-order valence-corrected chi connectivity index (χ3v) is 11.4. The van der Waals surface area contributed by atoms with Crippen molar-refractivity contribution in [3.63, 3.8) is 0 Å². The van der Waals surface area contributed by atoms with Gasteiger partial charge in [0.2, 0.25) is 11.8 Å². The Hall–Kier alpha value is -2.70. The van der Waals surface area contributed by atoms with Gasteiger partial charge in [-0.3, -0.25) is 32.5 Å². The molecule has 1 saturated heterocycles. The quantitative estimate of drug-likeness (QED) is 0.0414. The van der Waals surface area contributed by atoms with Crippen LogP contribution in [0.3, 0.4) is 0 Å². The van der Waals surface area contributed by atoms with E-state index in [2.05, 4.69) is 41.0 Å². The number of nitrogens with zero attached hydrogens (tertiary/aromatic N) is 4. The highest BCUT2D eigenvalue weighted by Crippen LogP contribution is 2.61. The summed E-state index contributed by atoms with van der Waals surface area (Å²) in [5, 5.41) is 26.2. The number of imidazole rings is 1. The average molecular weight is 850 g/mol. The number of aliphatic hydroxyl groups is 2. The number of nitrogen functional groups attached to an aromatic ring is 1. The maximum atomic E-state index is 12.6. The number of rotatable bonds is 22. The van der Waals surface area contributed by atoms with E-state index in [0.29, 0.717) is 18.6 Å². The SMILES string of the molecule is C=CCCC(=O)SCCNC(=O)CCNC(=O)C(O)C(C)(C)COP(=O)(O)OP(=O)(O)OC[C@H]1O[C@@H](n2cnc3c(N)ncnc32)[C@H](O)[C@@H]1OP(=O)(O)O. The second-order valence-corrected chi connectivity index (χ2v) is 17.5. The van der Waals surface area contributed by atoms with Gasteiger partial charge in [-0.2, -0.15) is 4.31 Å². The van der Waals surface area contributed by atoms with Gasteiger partial charge in [-0.15, -0.1) is 6.58 Å². The third kappa shape index (κ3) is 13.8. The smallest absolute Gasteiger partial charge is 0.386 e. The van der Waals surface area contributed by atoms with Crippen molar-refractivity contribution >= 4 is 69.1 Å². The summed E-state index contributed by atoms with van der Waals surface area (Å²) in [6.07, 6.45) is -4.40. The molecule has 7 atom stereocenters. The second-order valence-electron chi connectivity index (χ2n) is 12.1. The number of allylic oxidation sites excluding steroid dienone is 1. The van der Waals surface area contributed by atoms with Gasteiger partial charge in [0, 0.05) is 37.1 Å². The van der Waals surface area contributed by atoms with Crippen LogP contribution in [0.1, 0.15) is 39.3 Å². The lowest BCUT2D eigenvalue weighted by Gasteiger charge is -2.30. The van der Waals surface area contributed by atoms with Gasteiger partial charge in [-0.1, -0.05) is 31.7 Å². The molecule has 0 saturated carbocycles. The molecular formula is C26H42N7O17P3S. The molecule has 10 N–H and O–H groups in total. The number of thioether (sulfide) groups is 1. The molecule has 3 heterocycles. The van der Waals surface area contributed by atoms with Crippen LogP contribution in [0.5, 0.6) is 0 Å². The fourth-order valence-electron chi connectivity index (χ4n) is 4.59. The number of amides is 2. The molecule has 0 aromatic carbocycles. The lowest BCUT2D eigenvalue weighted by Crippen LogP contribution is -2.46. The molecule has 1 aliphatic rings. The Kier molecular flexibility index (Phi) is 16.4. The topological polar surface area (TPSA) is 364 Å². The lowest BCUT2D eigenvalue weighted by atomic mass is 9.87. The number of aromatic nitrogens is 4. The summed E-state index contributed by atoms with van der Waals surface area (Å²) in [5.74, 6) is -1.11. The van der Waals surface area contributed by atoms with Crippen molar-refractivity contribution in [1.29, 1.82) is 0 Å². The molecule has 2 aromatic heterocycles. The molecular weight excluding hydrogens is 807 g/mol. The summed E-state index contributed by atoms with van der Waals surface area (Å²) < 4.78 is 62.0. The summed E-state index contributed by atoms with van der Waals surface area (Å²) in [6.45, 7) is 4.03. The van der Waals surface area contributed by atoms with Gasteiger partial charge in [-0.05, 0) is 6.42 Å². The first kappa shape index (κ1) is 45.7. The largest absolute Gasteiger partial charge is 0.481 e. The van der Waals surface area contributed by atoms with Gasteiger partial charge >= 0.3 is 23.5 Å². The van der Waals surface area contributed by atoms with E-state index in [1.54, 1.807) is 6.08 Å². The van der Waals surface area contributed by atoms with Gasteiger partial charge < -0.3 is 50.9 Å². The van der Waals surface area contributed by atoms with E-state index >= 15 is 0 Å². The van der Waals surface area contributed by atoms with Crippen LogP contribution >= 0.6 is 35.2 Å². The van der Waals surface area contributed by atoms with E-state index in [9.17, 15) is 57.9 Å². The molecule has 3 rings (SSSR count). The number of phosphoric ester groups is 3. The fraction of sp³-hybridized carbons (Fsp3) is 0.615. The van der Waals surface area contributed by atoms with Gasteiger partial charge in [0.05, 0.1) is 19.5 Å². The van der Waals surface area contributed by atoms with Crippen molar-refractivity contribution < 1.29 is 80.5 Å². The second kappa shape index (κ2) is 19.4. The number of hydrogen-bond donors (Lipinski definition) is 9. The zero-order valence-corrected chi connectivity index (χ0v) is 32.3. The number of fused-ring (bicyclic) bond motifs is 1. The van der Waals surface area contributed by atoms with Crippen LogP contribution in [0, 0.1) is 5.41 Å². The number of hydrogen-bond acceptors (Lipinski definition) is 18. The number of ether oxygens (including phenoxy) is 1. The van der Waals surface area contributed by atoms with E-state index in [1.165, 1.54) is 13.8 Å². The average Bonchev–Trinajstić information content (AvgIpc) is 3.63. The van der Waals surface area contributed by atoms with Crippen molar-refractivity contribution in [3.05, 3.63) is 25.3 Å². The van der Waals surface area contributed by atoms with E-state index < -0.39 is 84.6 Å². The Morgan fingerprint density at radius 1 is 1.09 bits per heavy atom. The van der Waals surface area contributed by atoms with Gasteiger partial charge in [-0.25, -0.2) is 28.6 Å². The zero-order valence-electron chi connectivity index (χ0n) is 28.8. The van der Waals surface area contributed by atoms with Crippen LogP contribution in [0.15, 0.2) is 25.3 Å². The van der Waals surface area contributed by atoms with Crippen LogP contribution in [-0.2, 0) is 50.7 Å². The number of nitrogens with two attached hydrogens (primary N) is 1. The van der Waals surface area contributed by atoms with Gasteiger partial charge in [0.25, 0.3) is 0 Å². The van der Waals surface area contributed by atoms with E-state index in [1.807, 2.05) is 0 Å². The monoisotopic (exact) mass is 849 g/mol. The number of nitrogens with one attached hydrogen (secondary N) is 2. The van der Waals surface area contributed by atoms with Crippen molar-refractivity contribution in [3.8, 4) is 0 Å². The molecule has 0 spiro atoms. The molecule has 28 heteroatoms. The van der Waals surface area contributed by atoms with E-state index in [4.69, 9.17) is 19.5 Å². The summed E-state index contributed by atoms with van der Waals surface area (Å²) in [7, 11) is -16.4. The fourth-order valence-corrected chi connectivity index (χ4v) is 8.11. The predicted molar refractivity (Wildman–Crippen MR) is 187 cm³/mol. The number of aliphatic hydroxyl groups excluding tert-OH is 2. The molecule has 0 radical (unpaired) electrons. The maximum Gasteiger partial charge on any atom is 0.481 e. The minimum atomic E-state index is -5.57. The van der Waals surface area contributed by atoms with E-state index in [-0.39, 0.29) is 41.6 Å². The van der Waals surface area contributed by atoms with E-state index in [0.717, 1.165) is 29.0 Å². The van der Waals surface area contributed by atoms with Crippen molar-refractivity contribution in [2.45, 2.75) is 63.8 Å². The molecule has 24 nitrogen and oxygen atoms in total. The lowest BCUT2D eigenvalue weighted by molar-refractivity contribution is -0.137. The highest BCUT2D eigenvalue weighted by atomic mass is 32.2. The Labute approximate surface area is 311 Å². The molecule has 3 unspecified atom stereocenters. The number of anilines is 1. The molecule has 0 bridgehead atoms. The highest BCUT2D eigenvalue weighted by molar-refractivity contribution is 8.13. The number of carbonyl (C=O) groups is 3. The summed E-state index contributed by atoms with van der Waals surface area (Å²) in [4.78, 5) is 87.0. The van der Waals surface area contributed by atoms with Gasteiger partial charge in [0.15, 0.2) is 22.8 Å². The first-order chi connectivity index (χ1) is 25.1. The van der Waals surface area contributed by atoms with Crippen LogP contribution in [0.25, 0.3) is 11.2 Å². The Morgan fingerprint density at radius 3 is 2.44 bits per heavy atom. The molecule has 54 heavy (non-hydrogen) atoms. The number of phosphoric acid groups is 3. The Bertz CT molecular complexity index is 1800. The molecule has 304 valence electrons. The maximum absolute atomic E-state index is 12.6. The molecule has 0 aliphatic carbocycles. The molecule has 2 amide bonds. The summed E-state index contributed by atoms with van der Waals surface area (Å²) in [5.41, 5.74) is 4.26. The van der Waals surface area contributed by atoms with Crippen LogP contribution < -0.4 is 16.4 Å². The number of carbonyl (C=O) groups excluding carboxylic acids is 3. The first-order valence-corrected chi connectivity index (χ1v) is 21.2. The molecule has 2 aromatic rings. The summed E-state index contributed by atoms with van der Waals surface area (Å²) in [6, 6.07) is 0. The highest BCUT2D eigenvalue weighted by Gasteiger charge is 2.50. The molecule has 1 aliphatic heterocycles. The zero-order chi connectivity index (χ0) is 40.5. The first-order valence-electron chi connectivity index (χ1n) is 15.7. The minimum Gasteiger partial charge on any atom is -0.386 e. The third-order valence-electron chi connectivity index (χ3n) is 7.32. The minimum absolute atomic E-state index is 0.0299. The van der Waals surface area contributed by atoms with Crippen molar-refractivity contribution in [1.82, 2.24) is 30.2 Å². The predicted octanol–water partition coefficient (Wildman–Crippen LogP) is -0.369. The van der Waals surface area contributed by atoms with Crippen LogP contribution in [-0.4, -0.2) is 123 Å². The molecule has 1 fully saturated rings. The van der Waals surface area contributed by atoms with Crippen LogP contribution in [0.2, 0.25) is 0 Å².